The first-order valence-electron chi connectivity index (χ1n) is 11.3. The van der Waals surface area contributed by atoms with Crippen LogP contribution in [0, 0.1) is 0 Å². The first kappa shape index (κ1) is 19.7. The van der Waals surface area contributed by atoms with Crippen molar-refractivity contribution in [2.75, 3.05) is 7.05 Å². The van der Waals surface area contributed by atoms with Crippen molar-refractivity contribution in [1.29, 1.82) is 0 Å². The molecule has 1 unspecified atom stereocenters. The van der Waals surface area contributed by atoms with Gasteiger partial charge in [-0.3, -0.25) is 0 Å². The Morgan fingerprint density at radius 2 is 1.61 bits per heavy atom. The highest BCUT2D eigenvalue weighted by atomic mass is 16.3. The zero-order chi connectivity index (χ0) is 22.4. The maximum absolute atomic E-state index is 5.97. The minimum absolute atomic E-state index is 0.200. The van der Waals surface area contributed by atoms with Crippen LogP contribution in [0.15, 0.2) is 101 Å². The fourth-order valence-electron chi connectivity index (χ4n) is 5.34. The number of allylic oxidation sites excluding steroid dienone is 1. The maximum atomic E-state index is 5.97. The molecular weight excluding hydrogens is 404 g/mol. The van der Waals surface area contributed by atoms with E-state index in [-0.39, 0.29) is 5.41 Å². The molecule has 1 aliphatic heterocycles. The third-order valence-electron chi connectivity index (χ3n) is 6.84. The van der Waals surface area contributed by atoms with E-state index in [1.165, 1.54) is 33.3 Å². The first-order valence-corrected chi connectivity index (χ1v) is 11.3. The van der Waals surface area contributed by atoms with Crippen molar-refractivity contribution in [1.82, 2.24) is 4.98 Å². The zero-order valence-corrected chi connectivity index (χ0v) is 18.8. The number of aromatic nitrogens is 1. The standard InChI is InChI=1S/C30H25N2O/c1-30(20-21-10-4-3-5-11-21)27(18-19-28-31-24-14-8-9-15-26(24)33-28)32(2)25-17-16-22-12-6-7-13-23(22)29(25)30/h3-19H,20H2,1-2H3/q+1. The highest BCUT2D eigenvalue weighted by Crippen LogP contribution is 2.45. The summed E-state index contributed by atoms with van der Waals surface area (Å²) < 4.78 is 8.29. The van der Waals surface area contributed by atoms with E-state index >= 15 is 0 Å². The summed E-state index contributed by atoms with van der Waals surface area (Å²) in [6.45, 7) is 2.36. The van der Waals surface area contributed by atoms with Gasteiger partial charge in [0, 0.05) is 23.8 Å². The molecule has 0 aliphatic carbocycles. The Morgan fingerprint density at radius 1 is 0.848 bits per heavy atom. The van der Waals surface area contributed by atoms with E-state index in [0.29, 0.717) is 5.89 Å². The Bertz CT molecular complexity index is 1530. The van der Waals surface area contributed by atoms with E-state index in [2.05, 4.69) is 96.3 Å². The molecule has 5 aromatic rings. The quantitative estimate of drug-likeness (QED) is 0.290. The van der Waals surface area contributed by atoms with Crippen LogP contribution in [0.25, 0.3) is 27.9 Å². The number of rotatable bonds is 4. The van der Waals surface area contributed by atoms with Crippen LogP contribution in [-0.4, -0.2) is 22.3 Å². The van der Waals surface area contributed by atoms with Crippen LogP contribution in [0.2, 0.25) is 0 Å². The van der Waals surface area contributed by atoms with Gasteiger partial charge < -0.3 is 4.42 Å². The van der Waals surface area contributed by atoms with Gasteiger partial charge in [-0.15, -0.1) is 0 Å². The Hall–Kier alpha value is -3.98. The van der Waals surface area contributed by atoms with Gasteiger partial charge in [0.05, 0.1) is 5.41 Å². The molecule has 0 spiro atoms. The smallest absolute Gasteiger partial charge is 0.220 e. The van der Waals surface area contributed by atoms with Crippen molar-refractivity contribution in [3.8, 4) is 0 Å². The summed E-state index contributed by atoms with van der Waals surface area (Å²) in [7, 11) is 2.16. The molecular formula is C30H25N2O+. The third kappa shape index (κ3) is 3.20. The Labute approximate surface area is 193 Å². The number of hydrogen-bond donors (Lipinski definition) is 0. The van der Waals surface area contributed by atoms with E-state index in [1.807, 2.05) is 30.3 Å². The van der Waals surface area contributed by atoms with Crippen LogP contribution in [0.4, 0.5) is 5.69 Å². The second-order valence-corrected chi connectivity index (χ2v) is 8.97. The molecule has 0 saturated heterocycles. The van der Waals surface area contributed by atoms with Crippen molar-refractivity contribution < 1.29 is 8.99 Å². The van der Waals surface area contributed by atoms with Gasteiger partial charge in [-0.25, -0.2) is 4.98 Å². The first-order chi connectivity index (χ1) is 16.1. The van der Waals surface area contributed by atoms with Crippen LogP contribution in [0.1, 0.15) is 23.9 Å². The summed E-state index contributed by atoms with van der Waals surface area (Å²) in [5.74, 6) is 0.625. The molecule has 2 heterocycles. The number of oxazole rings is 1. The number of hydrogen-bond acceptors (Lipinski definition) is 2. The monoisotopic (exact) mass is 429 g/mol. The van der Waals surface area contributed by atoms with Crippen LogP contribution in [-0.2, 0) is 11.8 Å². The van der Waals surface area contributed by atoms with Crippen LogP contribution in [0.5, 0.6) is 0 Å². The van der Waals surface area contributed by atoms with Crippen molar-refractivity contribution >= 4 is 39.3 Å². The lowest BCUT2D eigenvalue weighted by atomic mass is 9.73. The summed E-state index contributed by atoms with van der Waals surface area (Å²) in [6, 6.07) is 31.8. The number of fused-ring (bicyclic) bond motifs is 4. The Kier molecular flexibility index (Phi) is 4.51. The van der Waals surface area contributed by atoms with E-state index < -0.39 is 0 Å². The predicted molar refractivity (Wildman–Crippen MR) is 135 cm³/mol. The SMILES string of the molecule is C[N+]1=C(C=Cc2nc3ccccc3o2)C(C)(Cc2ccccc2)c2c1ccc1ccccc21. The third-order valence-corrected chi connectivity index (χ3v) is 6.84. The molecule has 0 N–H and O–H groups in total. The molecule has 33 heavy (non-hydrogen) atoms. The summed E-state index contributed by atoms with van der Waals surface area (Å²) in [4.78, 5) is 4.64. The fraction of sp³-hybridized carbons (Fsp3) is 0.133. The number of para-hydroxylation sites is 2. The zero-order valence-electron chi connectivity index (χ0n) is 18.8. The Morgan fingerprint density at radius 3 is 2.45 bits per heavy atom. The molecule has 1 aliphatic rings. The van der Waals surface area contributed by atoms with Crippen LogP contribution in [0.3, 0.4) is 0 Å². The van der Waals surface area contributed by atoms with Crippen molar-refractivity contribution in [3.05, 3.63) is 114 Å². The minimum Gasteiger partial charge on any atom is -0.437 e. The number of nitrogens with zero attached hydrogens (tertiary/aromatic N) is 2. The molecule has 0 fully saturated rings. The van der Waals surface area contributed by atoms with Crippen LogP contribution >= 0.6 is 0 Å². The highest BCUT2D eigenvalue weighted by molar-refractivity contribution is 6.09. The lowest BCUT2D eigenvalue weighted by Gasteiger charge is -2.24. The lowest BCUT2D eigenvalue weighted by molar-refractivity contribution is -0.401. The number of benzene rings is 4. The molecule has 1 atom stereocenters. The average Bonchev–Trinajstić information content (AvgIpc) is 3.35. The van der Waals surface area contributed by atoms with Gasteiger partial charge in [0.1, 0.15) is 12.6 Å². The molecule has 0 saturated carbocycles. The topological polar surface area (TPSA) is 29.0 Å². The van der Waals surface area contributed by atoms with Crippen LogP contribution < -0.4 is 0 Å². The van der Waals surface area contributed by atoms with Gasteiger partial charge in [0.2, 0.25) is 11.6 Å². The summed E-state index contributed by atoms with van der Waals surface area (Å²) in [6.07, 6.45) is 5.10. The van der Waals surface area contributed by atoms with E-state index in [0.717, 1.165) is 17.5 Å². The molecule has 3 nitrogen and oxygen atoms in total. The second kappa shape index (κ2) is 7.56. The fourth-order valence-corrected chi connectivity index (χ4v) is 5.34. The van der Waals surface area contributed by atoms with Crippen molar-refractivity contribution in [2.24, 2.45) is 0 Å². The summed E-state index contributed by atoms with van der Waals surface area (Å²) >= 11 is 0. The summed E-state index contributed by atoms with van der Waals surface area (Å²) in [5, 5.41) is 2.58. The molecule has 4 aromatic carbocycles. The van der Waals surface area contributed by atoms with Gasteiger partial charge in [0.15, 0.2) is 11.3 Å². The predicted octanol–water partition coefficient (Wildman–Crippen LogP) is 6.92. The second-order valence-electron chi connectivity index (χ2n) is 8.97. The van der Waals surface area contributed by atoms with Crippen molar-refractivity contribution in [2.45, 2.75) is 18.8 Å². The lowest BCUT2D eigenvalue weighted by Crippen LogP contribution is -2.33. The average molecular weight is 430 g/mol. The van der Waals surface area contributed by atoms with Gasteiger partial charge in [-0.1, -0.05) is 66.7 Å². The van der Waals surface area contributed by atoms with Crippen molar-refractivity contribution in [3.63, 3.8) is 0 Å². The van der Waals surface area contributed by atoms with E-state index in [1.54, 1.807) is 0 Å². The maximum Gasteiger partial charge on any atom is 0.220 e. The molecule has 0 bridgehead atoms. The largest absolute Gasteiger partial charge is 0.437 e. The molecule has 0 radical (unpaired) electrons. The molecule has 3 heteroatoms. The van der Waals surface area contributed by atoms with Gasteiger partial charge in [-0.05, 0) is 47.9 Å². The summed E-state index contributed by atoms with van der Waals surface area (Å²) in [5.41, 5.74) is 6.68. The van der Waals surface area contributed by atoms with E-state index in [9.17, 15) is 0 Å². The van der Waals surface area contributed by atoms with Gasteiger partial charge in [-0.2, -0.15) is 4.58 Å². The molecule has 1 aromatic heterocycles. The minimum atomic E-state index is -0.200. The highest BCUT2D eigenvalue weighted by Gasteiger charge is 2.47. The molecule has 160 valence electrons. The van der Waals surface area contributed by atoms with Gasteiger partial charge >= 0.3 is 0 Å². The Balaban J connectivity index is 1.52. The normalized spacial score (nSPS) is 18.0. The van der Waals surface area contributed by atoms with Gasteiger partial charge in [0.25, 0.3) is 0 Å². The molecule has 6 rings (SSSR count). The molecule has 0 amide bonds. The van der Waals surface area contributed by atoms with E-state index in [4.69, 9.17) is 4.42 Å².